The topological polar surface area (TPSA) is 72.1 Å². The second-order valence-corrected chi connectivity index (χ2v) is 11.0. The number of rotatable bonds is 7. The lowest BCUT2D eigenvalue weighted by atomic mass is 9.81. The van der Waals surface area contributed by atoms with E-state index in [4.69, 9.17) is 4.74 Å². The largest absolute Gasteiger partial charge is 0.494 e. The van der Waals surface area contributed by atoms with E-state index in [0.29, 0.717) is 19.6 Å². The number of nitrogens with zero attached hydrogens (tertiary/aromatic N) is 4. The maximum Gasteiger partial charge on any atom is 0.328 e. The lowest BCUT2D eigenvalue weighted by Crippen LogP contribution is -2.53. The standard InChI is InChI=1S/C30H37N5O3/c1-4-38-22-11-12-25-23(19-22)24-20-30(2)28(36)34(14-8-13-33-17-15-32(3)16-18-33)29(37)35(30)27(26(24)31-25)21-9-6-5-7-10-21/h5-7,9-12,19,27,31H,4,8,13-18,20H2,1-3H3. The maximum atomic E-state index is 14.0. The first-order valence-electron chi connectivity index (χ1n) is 13.8. The van der Waals surface area contributed by atoms with E-state index < -0.39 is 5.54 Å². The number of likely N-dealkylation sites (N-methyl/N-ethyl adjacent to an activating group) is 1. The lowest BCUT2D eigenvalue weighted by molar-refractivity contribution is -0.133. The zero-order chi connectivity index (χ0) is 26.4. The van der Waals surface area contributed by atoms with Crippen molar-refractivity contribution in [3.63, 3.8) is 0 Å². The highest BCUT2D eigenvalue weighted by Crippen LogP contribution is 2.49. The smallest absolute Gasteiger partial charge is 0.328 e. The fourth-order valence-electron chi connectivity index (χ4n) is 6.45. The number of benzene rings is 2. The predicted molar refractivity (Wildman–Crippen MR) is 147 cm³/mol. The van der Waals surface area contributed by atoms with Crippen LogP contribution >= 0.6 is 0 Å². The highest BCUT2D eigenvalue weighted by molar-refractivity contribution is 6.08. The van der Waals surface area contributed by atoms with Gasteiger partial charge in [-0.2, -0.15) is 0 Å². The first-order chi connectivity index (χ1) is 18.4. The van der Waals surface area contributed by atoms with Crippen LogP contribution in [0.25, 0.3) is 10.9 Å². The summed E-state index contributed by atoms with van der Waals surface area (Å²) in [6.07, 6.45) is 1.26. The summed E-state index contributed by atoms with van der Waals surface area (Å²) in [5.74, 6) is 0.716. The molecule has 2 fully saturated rings. The van der Waals surface area contributed by atoms with Gasteiger partial charge in [0.1, 0.15) is 17.3 Å². The molecular weight excluding hydrogens is 478 g/mol. The van der Waals surface area contributed by atoms with Crippen LogP contribution in [0.5, 0.6) is 5.75 Å². The number of hydrogen-bond donors (Lipinski definition) is 1. The summed E-state index contributed by atoms with van der Waals surface area (Å²) in [6, 6.07) is 15.6. The minimum atomic E-state index is -0.949. The van der Waals surface area contributed by atoms with E-state index in [2.05, 4.69) is 27.9 Å². The molecule has 1 N–H and O–H groups in total. The third-order valence-corrected chi connectivity index (χ3v) is 8.52. The average Bonchev–Trinajstić information content (AvgIpc) is 3.36. The predicted octanol–water partition coefficient (Wildman–Crippen LogP) is 3.87. The van der Waals surface area contributed by atoms with E-state index >= 15 is 0 Å². The molecule has 0 bridgehead atoms. The van der Waals surface area contributed by atoms with Crippen LogP contribution in [0.2, 0.25) is 0 Å². The van der Waals surface area contributed by atoms with E-state index in [9.17, 15) is 9.59 Å². The Balaban J connectivity index is 1.34. The van der Waals surface area contributed by atoms with Crippen LogP contribution in [0, 0.1) is 0 Å². The number of amides is 3. The minimum Gasteiger partial charge on any atom is -0.494 e. The van der Waals surface area contributed by atoms with Crippen LogP contribution in [0.15, 0.2) is 48.5 Å². The van der Waals surface area contributed by atoms with Crippen LogP contribution in [0.1, 0.15) is 43.1 Å². The van der Waals surface area contributed by atoms with Crippen LogP contribution in [-0.4, -0.2) is 95.0 Å². The number of nitrogens with one attached hydrogen (secondary N) is 1. The number of aromatic nitrogens is 1. The molecule has 38 heavy (non-hydrogen) atoms. The summed E-state index contributed by atoms with van der Waals surface area (Å²) in [4.78, 5) is 39.7. The highest BCUT2D eigenvalue weighted by Gasteiger charge is 2.60. The quantitative estimate of drug-likeness (QED) is 0.484. The molecule has 3 amide bonds. The van der Waals surface area contributed by atoms with Crippen LogP contribution < -0.4 is 4.74 Å². The molecule has 0 aliphatic carbocycles. The summed E-state index contributed by atoms with van der Waals surface area (Å²) in [6.45, 7) is 10.0. The van der Waals surface area contributed by atoms with Gasteiger partial charge in [0.2, 0.25) is 0 Å². The van der Waals surface area contributed by atoms with Crippen molar-refractivity contribution >= 4 is 22.8 Å². The van der Waals surface area contributed by atoms with E-state index in [-0.39, 0.29) is 18.0 Å². The molecule has 6 rings (SSSR count). The van der Waals surface area contributed by atoms with Crippen molar-refractivity contribution in [2.75, 3.05) is 52.9 Å². The molecule has 2 atom stereocenters. The van der Waals surface area contributed by atoms with Crippen LogP contribution in [0.3, 0.4) is 0 Å². The van der Waals surface area contributed by atoms with Crippen molar-refractivity contribution in [1.29, 1.82) is 0 Å². The number of imide groups is 1. The van der Waals surface area contributed by atoms with Gasteiger partial charge in [-0.05, 0) is 63.2 Å². The first-order valence-corrected chi connectivity index (χ1v) is 13.8. The Kier molecular flexibility index (Phi) is 6.40. The molecule has 0 saturated carbocycles. The molecule has 8 nitrogen and oxygen atoms in total. The van der Waals surface area contributed by atoms with Gasteiger partial charge in [-0.15, -0.1) is 0 Å². The molecule has 0 radical (unpaired) electrons. The zero-order valence-electron chi connectivity index (χ0n) is 22.6. The normalized spacial score (nSPS) is 24.2. The Bertz CT molecular complexity index is 1350. The van der Waals surface area contributed by atoms with E-state index in [1.165, 1.54) is 4.90 Å². The Morgan fingerprint density at radius 2 is 1.79 bits per heavy atom. The number of piperazine rings is 1. The van der Waals surface area contributed by atoms with Gasteiger partial charge in [-0.25, -0.2) is 4.79 Å². The minimum absolute atomic E-state index is 0.0947. The van der Waals surface area contributed by atoms with Gasteiger partial charge < -0.3 is 19.5 Å². The number of aromatic amines is 1. The molecular formula is C30H37N5O3. The average molecular weight is 516 g/mol. The van der Waals surface area contributed by atoms with Crippen molar-refractivity contribution in [2.45, 2.75) is 38.3 Å². The van der Waals surface area contributed by atoms with Gasteiger partial charge in [0.15, 0.2) is 0 Å². The second-order valence-electron chi connectivity index (χ2n) is 11.0. The molecule has 8 heteroatoms. The maximum absolute atomic E-state index is 14.0. The Morgan fingerprint density at radius 1 is 1.03 bits per heavy atom. The fourth-order valence-corrected chi connectivity index (χ4v) is 6.45. The molecule has 1 aromatic heterocycles. The molecule has 3 aliphatic heterocycles. The van der Waals surface area contributed by atoms with Gasteiger partial charge >= 0.3 is 6.03 Å². The number of ether oxygens (including phenoxy) is 1. The van der Waals surface area contributed by atoms with E-state index in [1.54, 1.807) is 0 Å². The lowest BCUT2D eigenvalue weighted by Gasteiger charge is -2.42. The second kappa shape index (κ2) is 9.75. The number of H-pyrrole nitrogens is 1. The van der Waals surface area contributed by atoms with Crippen molar-refractivity contribution < 1.29 is 14.3 Å². The molecule has 0 spiro atoms. The summed E-state index contributed by atoms with van der Waals surface area (Å²) in [7, 11) is 2.15. The fraction of sp³-hybridized carbons (Fsp3) is 0.467. The Hall–Kier alpha value is -3.36. The molecule has 4 heterocycles. The van der Waals surface area contributed by atoms with E-state index in [0.717, 1.165) is 72.6 Å². The third-order valence-electron chi connectivity index (χ3n) is 8.52. The molecule has 3 aliphatic rings. The van der Waals surface area contributed by atoms with Gasteiger partial charge in [0, 0.05) is 55.7 Å². The van der Waals surface area contributed by atoms with Gasteiger partial charge in [0.25, 0.3) is 5.91 Å². The number of hydrogen-bond acceptors (Lipinski definition) is 5. The summed E-state index contributed by atoms with van der Waals surface area (Å²) >= 11 is 0. The summed E-state index contributed by atoms with van der Waals surface area (Å²) in [5.41, 5.74) is 3.12. The molecule has 2 aromatic carbocycles. The van der Waals surface area contributed by atoms with Gasteiger partial charge in [-0.1, -0.05) is 30.3 Å². The summed E-state index contributed by atoms with van der Waals surface area (Å²) in [5, 5.41) is 1.06. The highest BCUT2D eigenvalue weighted by atomic mass is 16.5. The summed E-state index contributed by atoms with van der Waals surface area (Å²) < 4.78 is 5.79. The number of carbonyl (C=O) groups excluding carboxylic acids is 2. The van der Waals surface area contributed by atoms with E-state index in [1.807, 2.05) is 61.2 Å². The van der Waals surface area contributed by atoms with Crippen LogP contribution in [0.4, 0.5) is 4.79 Å². The molecule has 3 aromatic rings. The molecule has 200 valence electrons. The monoisotopic (exact) mass is 515 g/mol. The number of carbonyl (C=O) groups is 2. The van der Waals surface area contributed by atoms with Crippen molar-refractivity contribution in [2.24, 2.45) is 0 Å². The van der Waals surface area contributed by atoms with Gasteiger partial charge in [0.05, 0.1) is 6.61 Å². The Morgan fingerprint density at radius 3 is 2.53 bits per heavy atom. The SMILES string of the molecule is CCOc1ccc2[nH]c3c(c2c1)CC1(C)C(=O)N(CCCN2CCN(C)CC2)C(=O)N1C3c1ccccc1. The van der Waals surface area contributed by atoms with Crippen molar-refractivity contribution in [3.8, 4) is 5.75 Å². The van der Waals surface area contributed by atoms with Crippen molar-refractivity contribution in [1.82, 2.24) is 24.6 Å². The van der Waals surface area contributed by atoms with Crippen LogP contribution in [-0.2, 0) is 11.2 Å². The van der Waals surface area contributed by atoms with Crippen molar-refractivity contribution in [3.05, 3.63) is 65.4 Å². The zero-order valence-corrected chi connectivity index (χ0v) is 22.6. The third kappa shape index (κ3) is 4.07. The number of urea groups is 1. The Labute approximate surface area is 224 Å². The molecule has 2 unspecified atom stereocenters. The first kappa shape index (κ1) is 24.9. The van der Waals surface area contributed by atoms with Gasteiger partial charge in [-0.3, -0.25) is 14.6 Å². The number of fused-ring (bicyclic) bond motifs is 4. The molecule has 2 saturated heterocycles.